The summed E-state index contributed by atoms with van der Waals surface area (Å²) in [6.07, 6.45) is 0.901. The summed E-state index contributed by atoms with van der Waals surface area (Å²) in [6, 6.07) is 7.74. The number of nitrogens with zero attached hydrogens (tertiary/aromatic N) is 3. The summed E-state index contributed by atoms with van der Waals surface area (Å²) in [4.78, 5) is 17.6. The number of hydrogen-bond donors (Lipinski definition) is 1. The van der Waals surface area contributed by atoms with Crippen LogP contribution in [0.1, 0.15) is 24.8 Å². The van der Waals surface area contributed by atoms with E-state index in [1.807, 2.05) is 38.1 Å². The average Bonchev–Trinajstić information content (AvgIpc) is 2.93. The van der Waals surface area contributed by atoms with Gasteiger partial charge in [0.2, 0.25) is 11.7 Å². The molecule has 0 unspecified atom stereocenters. The molecule has 2 rings (SSSR count). The lowest BCUT2D eigenvalue weighted by atomic mass is 10.1. The topological polar surface area (TPSA) is 71.3 Å². The Kier molecular flexibility index (Phi) is 4.92. The monoisotopic (exact) mass is 288 g/mol. The first-order chi connectivity index (χ1) is 10.1. The summed E-state index contributed by atoms with van der Waals surface area (Å²) < 4.78 is 5.19. The maximum atomic E-state index is 11.7. The summed E-state index contributed by atoms with van der Waals surface area (Å²) in [5.74, 6) is 0.951. The number of hydrogen-bond acceptors (Lipinski definition) is 4. The molecule has 0 atom stereocenters. The Hall–Kier alpha value is -2.37. The van der Waals surface area contributed by atoms with Crippen LogP contribution in [0.3, 0.4) is 0 Å². The van der Waals surface area contributed by atoms with E-state index in [9.17, 15) is 4.79 Å². The van der Waals surface area contributed by atoms with E-state index < -0.39 is 0 Å². The van der Waals surface area contributed by atoms with E-state index >= 15 is 0 Å². The van der Waals surface area contributed by atoms with Gasteiger partial charge in [-0.1, -0.05) is 41.9 Å². The van der Waals surface area contributed by atoms with Gasteiger partial charge in [0, 0.05) is 19.2 Å². The Morgan fingerprint density at radius 1 is 1.33 bits per heavy atom. The van der Waals surface area contributed by atoms with E-state index in [0.717, 1.165) is 12.0 Å². The maximum Gasteiger partial charge on any atom is 0.317 e. The quantitative estimate of drug-likeness (QED) is 0.918. The highest BCUT2D eigenvalue weighted by Crippen LogP contribution is 2.16. The molecule has 0 bridgehead atoms. The van der Waals surface area contributed by atoms with Crippen molar-refractivity contribution in [2.24, 2.45) is 0 Å². The molecule has 0 aliphatic carbocycles. The molecule has 0 saturated carbocycles. The molecule has 0 radical (unpaired) electrons. The first-order valence-corrected chi connectivity index (χ1v) is 6.98. The molecule has 1 aromatic carbocycles. The molecule has 2 amide bonds. The minimum Gasteiger partial charge on any atom is -0.338 e. The third-order valence-electron chi connectivity index (χ3n) is 3.02. The van der Waals surface area contributed by atoms with Crippen LogP contribution in [-0.2, 0) is 6.54 Å². The zero-order valence-corrected chi connectivity index (χ0v) is 12.6. The molecule has 1 aromatic heterocycles. The predicted molar refractivity (Wildman–Crippen MR) is 79.6 cm³/mol. The average molecular weight is 288 g/mol. The molecule has 1 heterocycles. The second kappa shape index (κ2) is 6.88. The fourth-order valence-corrected chi connectivity index (χ4v) is 1.78. The highest BCUT2D eigenvalue weighted by molar-refractivity contribution is 5.73. The fraction of sp³-hybridized carbons (Fsp3) is 0.400. The van der Waals surface area contributed by atoms with Gasteiger partial charge in [-0.3, -0.25) is 0 Å². The van der Waals surface area contributed by atoms with Crippen LogP contribution in [-0.4, -0.2) is 34.7 Å². The second-order valence-corrected chi connectivity index (χ2v) is 4.97. The van der Waals surface area contributed by atoms with Gasteiger partial charge < -0.3 is 14.7 Å². The molecule has 0 saturated heterocycles. The maximum absolute atomic E-state index is 11.7. The minimum atomic E-state index is -0.146. The number of urea groups is 1. The van der Waals surface area contributed by atoms with Gasteiger partial charge in [-0.15, -0.1) is 0 Å². The van der Waals surface area contributed by atoms with Gasteiger partial charge in [-0.05, 0) is 13.3 Å². The third kappa shape index (κ3) is 4.05. The largest absolute Gasteiger partial charge is 0.338 e. The normalized spacial score (nSPS) is 10.4. The van der Waals surface area contributed by atoms with Gasteiger partial charge in [0.15, 0.2) is 0 Å². The molecular weight excluding hydrogens is 268 g/mol. The van der Waals surface area contributed by atoms with Crippen molar-refractivity contribution in [2.45, 2.75) is 26.8 Å². The zero-order chi connectivity index (χ0) is 15.2. The van der Waals surface area contributed by atoms with Crippen LogP contribution in [0.2, 0.25) is 0 Å². The van der Waals surface area contributed by atoms with Crippen molar-refractivity contribution in [2.75, 3.05) is 13.6 Å². The molecule has 6 heteroatoms. The summed E-state index contributed by atoms with van der Waals surface area (Å²) in [5, 5.41) is 6.74. The summed E-state index contributed by atoms with van der Waals surface area (Å²) in [6.45, 7) is 4.97. The Morgan fingerprint density at radius 2 is 2.05 bits per heavy atom. The highest BCUT2D eigenvalue weighted by atomic mass is 16.5. The molecule has 0 aliphatic heterocycles. The standard InChI is InChI=1S/C15H20N4O2/c1-4-9-16-15(20)19(3)10-13-17-14(18-21-13)12-7-5-11(2)6-8-12/h5-8H,4,9-10H2,1-3H3,(H,16,20). The first kappa shape index (κ1) is 15.0. The Balaban J connectivity index is 2.00. The number of nitrogens with one attached hydrogen (secondary N) is 1. The number of aryl methyl sites for hydroxylation is 1. The number of aromatic nitrogens is 2. The lowest BCUT2D eigenvalue weighted by molar-refractivity contribution is 0.199. The molecule has 6 nitrogen and oxygen atoms in total. The van der Waals surface area contributed by atoms with Gasteiger partial charge in [0.05, 0.1) is 0 Å². The van der Waals surface area contributed by atoms with E-state index in [1.54, 1.807) is 7.05 Å². The third-order valence-corrected chi connectivity index (χ3v) is 3.02. The molecule has 0 fully saturated rings. The van der Waals surface area contributed by atoms with Crippen LogP contribution >= 0.6 is 0 Å². The molecule has 2 aromatic rings. The van der Waals surface area contributed by atoms with Crippen molar-refractivity contribution in [1.82, 2.24) is 20.4 Å². The second-order valence-electron chi connectivity index (χ2n) is 4.97. The van der Waals surface area contributed by atoms with Crippen molar-refractivity contribution < 1.29 is 9.32 Å². The van der Waals surface area contributed by atoms with E-state index in [-0.39, 0.29) is 12.6 Å². The SMILES string of the molecule is CCCNC(=O)N(C)Cc1nc(-c2ccc(C)cc2)no1. The minimum absolute atomic E-state index is 0.146. The highest BCUT2D eigenvalue weighted by Gasteiger charge is 2.14. The molecular formula is C15H20N4O2. The van der Waals surface area contributed by atoms with Crippen LogP contribution < -0.4 is 5.32 Å². The molecule has 0 spiro atoms. The molecule has 1 N–H and O–H groups in total. The smallest absolute Gasteiger partial charge is 0.317 e. The number of rotatable bonds is 5. The number of carbonyl (C=O) groups is 1. The Morgan fingerprint density at radius 3 is 2.71 bits per heavy atom. The number of amides is 2. The zero-order valence-electron chi connectivity index (χ0n) is 12.6. The van der Waals surface area contributed by atoms with Gasteiger partial charge in [0.1, 0.15) is 6.54 Å². The Labute approximate surface area is 124 Å². The van der Waals surface area contributed by atoms with Crippen LogP contribution in [0.5, 0.6) is 0 Å². The van der Waals surface area contributed by atoms with E-state index in [0.29, 0.717) is 18.3 Å². The predicted octanol–water partition coefficient (Wildman–Crippen LogP) is 2.60. The molecule has 0 aliphatic rings. The lowest BCUT2D eigenvalue weighted by Crippen LogP contribution is -2.37. The summed E-state index contributed by atoms with van der Waals surface area (Å²) >= 11 is 0. The number of benzene rings is 1. The van der Waals surface area contributed by atoms with Crippen LogP contribution in [0.25, 0.3) is 11.4 Å². The van der Waals surface area contributed by atoms with Crippen LogP contribution in [0, 0.1) is 6.92 Å². The van der Waals surface area contributed by atoms with Crippen molar-refractivity contribution in [1.29, 1.82) is 0 Å². The van der Waals surface area contributed by atoms with Crippen molar-refractivity contribution in [3.05, 3.63) is 35.7 Å². The number of carbonyl (C=O) groups excluding carboxylic acids is 1. The Bertz CT molecular complexity index is 592. The summed E-state index contributed by atoms with van der Waals surface area (Å²) in [7, 11) is 1.70. The lowest BCUT2D eigenvalue weighted by Gasteiger charge is -2.15. The van der Waals surface area contributed by atoms with Gasteiger partial charge >= 0.3 is 6.03 Å². The fourth-order valence-electron chi connectivity index (χ4n) is 1.78. The molecule has 112 valence electrons. The van der Waals surface area contributed by atoms with Gasteiger partial charge in [-0.2, -0.15) is 4.98 Å². The van der Waals surface area contributed by atoms with Crippen molar-refractivity contribution >= 4 is 6.03 Å². The summed E-state index contributed by atoms with van der Waals surface area (Å²) in [5.41, 5.74) is 2.07. The van der Waals surface area contributed by atoms with E-state index in [2.05, 4.69) is 15.5 Å². The van der Waals surface area contributed by atoms with Gasteiger partial charge in [-0.25, -0.2) is 4.79 Å². The van der Waals surface area contributed by atoms with Crippen molar-refractivity contribution in [3.8, 4) is 11.4 Å². The van der Waals surface area contributed by atoms with E-state index in [1.165, 1.54) is 10.5 Å². The molecule has 21 heavy (non-hydrogen) atoms. The van der Waals surface area contributed by atoms with Gasteiger partial charge in [0.25, 0.3) is 0 Å². The van der Waals surface area contributed by atoms with Crippen molar-refractivity contribution in [3.63, 3.8) is 0 Å². The first-order valence-electron chi connectivity index (χ1n) is 6.98. The van der Waals surface area contributed by atoms with Crippen LogP contribution in [0.4, 0.5) is 4.79 Å². The van der Waals surface area contributed by atoms with E-state index in [4.69, 9.17) is 4.52 Å². The van der Waals surface area contributed by atoms with Crippen LogP contribution in [0.15, 0.2) is 28.8 Å².